The van der Waals surface area contributed by atoms with E-state index in [0.717, 1.165) is 12.8 Å². The van der Waals surface area contributed by atoms with E-state index in [2.05, 4.69) is 10.1 Å². The zero-order valence-electron chi connectivity index (χ0n) is 8.04. The second-order valence-corrected chi connectivity index (χ2v) is 3.32. The topological polar surface area (TPSA) is 47.6 Å². The number of hydrogen-bond acceptors (Lipinski definition) is 3. The van der Waals surface area contributed by atoms with Crippen LogP contribution < -0.4 is 5.32 Å². The molecule has 0 bridgehead atoms. The first kappa shape index (κ1) is 10.3. The number of methoxy groups -OCH3 is 1. The van der Waals surface area contributed by atoms with Crippen molar-refractivity contribution in [2.75, 3.05) is 13.9 Å². The lowest BCUT2D eigenvalue weighted by molar-refractivity contribution is 0.0102. The number of rotatable bonds is 3. The molecule has 4 heteroatoms. The van der Waals surface area contributed by atoms with E-state index in [0.29, 0.717) is 6.04 Å². The van der Waals surface area contributed by atoms with Crippen LogP contribution in [0.25, 0.3) is 0 Å². The molecular formula is C9H17NO3. The molecule has 0 aromatic rings. The summed E-state index contributed by atoms with van der Waals surface area (Å²) in [5.41, 5.74) is 0. The van der Waals surface area contributed by atoms with E-state index in [-0.39, 0.29) is 12.9 Å². The molecule has 1 aliphatic carbocycles. The largest absolute Gasteiger partial charge is 0.422 e. The first-order valence-corrected chi connectivity index (χ1v) is 4.75. The maximum absolute atomic E-state index is 11.1. The molecule has 0 heterocycles. The van der Waals surface area contributed by atoms with Crippen molar-refractivity contribution in [3.8, 4) is 0 Å². The van der Waals surface area contributed by atoms with Crippen LogP contribution >= 0.6 is 0 Å². The number of amides is 1. The van der Waals surface area contributed by atoms with Gasteiger partial charge in [-0.1, -0.05) is 19.3 Å². The van der Waals surface area contributed by atoms with Crippen molar-refractivity contribution in [1.29, 1.82) is 0 Å². The summed E-state index contributed by atoms with van der Waals surface area (Å²) in [6, 6.07) is 0.304. The molecule has 1 aliphatic rings. The quantitative estimate of drug-likeness (QED) is 0.683. The van der Waals surface area contributed by atoms with Gasteiger partial charge in [-0.3, -0.25) is 0 Å². The highest BCUT2D eigenvalue weighted by Gasteiger charge is 2.15. The highest BCUT2D eigenvalue weighted by molar-refractivity contribution is 5.67. The maximum atomic E-state index is 11.1. The highest BCUT2D eigenvalue weighted by Crippen LogP contribution is 2.17. The van der Waals surface area contributed by atoms with Crippen molar-refractivity contribution >= 4 is 6.09 Å². The molecule has 0 atom stereocenters. The average molecular weight is 187 g/mol. The van der Waals surface area contributed by atoms with E-state index in [1.165, 1.54) is 26.4 Å². The first-order valence-electron chi connectivity index (χ1n) is 4.75. The van der Waals surface area contributed by atoms with Gasteiger partial charge in [-0.2, -0.15) is 0 Å². The van der Waals surface area contributed by atoms with Gasteiger partial charge in [0.15, 0.2) is 6.79 Å². The molecule has 0 aromatic carbocycles. The Hall–Kier alpha value is -0.770. The first-order chi connectivity index (χ1) is 6.33. The lowest BCUT2D eigenvalue weighted by Gasteiger charge is -2.22. The van der Waals surface area contributed by atoms with Gasteiger partial charge in [0.25, 0.3) is 0 Å². The molecule has 0 aromatic heterocycles. The molecular weight excluding hydrogens is 170 g/mol. The molecule has 1 amide bonds. The molecule has 0 aliphatic heterocycles. The third-order valence-electron chi connectivity index (χ3n) is 2.24. The van der Waals surface area contributed by atoms with Crippen LogP contribution in [0.5, 0.6) is 0 Å². The Labute approximate surface area is 78.6 Å². The predicted molar refractivity (Wildman–Crippen MR) is 48.4 cm³/mol. The molecule has 1 rings (SSSR count). The van der Waals surface area contributed by atoms with Crippen LogP contribution in [-0.2, 0) is 9.47 Å². The minimum atomic E-state index is -0.367. The zero-order chi connectivity index (χ0) is 9.52. The van der Waals surface area contributed by atoms with E-state index in [1.807, 2.05) is 0 Å². The lowest BCUT2D eigenvalue weighted by atomic mass is 9.96. The van der Waals surface area contributed by atoms with Crippen molar-refractivity contribution in [2.45, 2.75) is 38.1 Å². The third kappa shape index (κ3) is 4.12. The lowest BCUT2D eigenvalue weighted by Crippen LogP contribution is -2.36. The molecule has 13 heavy (non-hydrogen) atoms. The zero-order valence-corrected chi connectivity index (χ0v) is 8.04. The van der Waals surface area contributed by atoms with Crippen LogP contribution in [0.2, 0.25) is 0 Å². The van der Waals surface area contributed by atoms with Gasteiger partial charge in [0.05, 0.1) is 0 Å². The van der Waals surface area contributed by atoms with Crippen LogP contribution in [0.15, 0.2) is 0 Å². The Bertz CT molecular complexity index is 155. The molecule has 0 unspecified atom stereocenters. The maximum Gasteiger partial charge on any atom is 0.409 e. The van der Waals surface area contributed by atoms with E-state index in [4.69, 9.17) is 4.74 Å². The van der Waals surface area contributed by atoms with Crippen LogP contribution in [0.1, 0.15) is 32.1 Å². The summed E-state index contributed by atoms with van der Waals surface area (Å²) < 4.78 is 9.34. The van der Waals surface area contributed by atoms with Crippen LogP contribution in [0.4, 0.5) is 4.79 Å². The summed E-state index contributed by atoms with van der Waals surface area (Å²) in [7, 11) is 1.49. The average Bonchev–Trinajstić information content (AvgIpc) is 2.16. The van der Waals surface area contributed by atoms with Crippen LogP contribution in [-0.4, -0.2) is 26.0 Å². The van der Waals surface area contributed by atoms with Crippen molar-refractivity contribution < 1.29 is 14.3 Å². The normalized spacial score (nSPS) is 18.2. The number of ether oxygens (including phenoxy) is 2. The van der Waals surface area contributed by atoms with Crippen molar-refractivity contribution in [1.82, 2.24) is 5.32 Å². The number of hydrogen-bond donors (Lipinski definition) is 1. The van der Waals surface area contributed by atoms with Crippen LogP contribution in [0.3, 0.4) is 0 Å². The Morgan fingerprint density at radius 3 is 2.69 bits per heavy atom. The fourth-order valence-electron chi connectivity index (χ4n) is 1.57. The molecule has 76 valence electrons. The Morgan fingerprint density at radius 1 is 1.38 bits per heavy atom. The molecule has 1 fully saturated rings. The fourth-order valence-corrected chi connectivity index (χ4v) is 1.57. The summed E-state index contributed by atoms with van der Waals surface area (Å²) in [6.45, 7) is 0.0263. The van der Waals surface area contributed by atoms with E-state index < -0.39 is 0 Å². The summed E-state index contributed by atoms with van der Waals surface area (Å²) in [4.78, 5) is 11.1. The van der Waals surface area contributed by atoms with Crippen molar-refractivity contribution in [2.24, 2.45) is 0 Å². The van der Waals surface area contributed by atoms with E-state index in [9.17, 15) is 4.79 Å². The SMILES string of the molecule is COCOC(=O)NC1CCCCC1. The van der Waals surface area contributed by atoms with Gasteiger partial charge in [0.1, 0.15) is 0 Å². The molecule has 0 spiro atoms. The third-order valence-corrected chi connectivity index (χ3v) is 2.24. The predicted octanol–water partition coefficient (Wildman–Crippen LogP) is 1.65. The molecule has 0 saturated heterocycles. The Morgan fingerprint density at radius 2 is 2.08 bits per heavy atom. The highest BCUT2D eigenvalue weighted by atomic mass is 16.7. The van der Waals surface area contributed by atoms with Crippen molar-refractivity contribution in [3.63, 3.8) is 0 Å². The summed E-state index contributed by atoms with van der Waals surface area (Å²) >= 11 is 0. The Kier molecular flexibility index (Phi) is 4.60. The van der Waals surface area contributed by atoms with Gasteiger partial charge in [0.2, 0.25) is 0 Å². The monoisotopic (exact) mass is 187 g/mol. The van der Waals surface area contributed by atoms with Gasteiger partial charge >= 0.3 is 6.09 Å². The minimum Gasteiger partial charge on any atom is -0.422 e. The van der Waals surface area contributed by atoms with Crippen LogP contribution in [0, 0.1) is 0 Å². The van der Waals surface area contributed by atoms with Gasteiger partial charge in [-0.25, -0.2) is 4.79 Å². The molecule has 0 radical (unpaired) electrons. The summed E-state index contributed by atoms with van der Waals surface area (Å²) in [5.74, 6) is 0. The molecule has 1 saturated carbocycles. The number of carbonyl (C=O) groups excluding carboxylic acids is 1. The second-order valence-electron chi connectivity index (χ2n) is 3.32. The fraction of sp³-hybridized carbons (Fsp3) is 0.889. The number of nitrogens with one attached hydrogen (secondary N) is 1. The molecule has 4 nitrogen and oxygen atoms in total. The number of carbonyl (C=O) groups is 1. The van der Waals surface area contributed by atoms with Gasteiger partial charge in [-0.15, -0.1) is 0 Å². The van der Waals surface area contributed by atoms with Crippen molar-refractivity contribution in [3.05, 3.63) is 0 Å². The summed E-state index contributed by atoms with van der Waals surface area (Å²) in [6.07, 6.45) is 5.47. The second kappa shape index (κ2) is 5.80. The number of alkyl carbamates (subject to hydrolysis) is 1. The standard InChI is InChI=1S/C9H17NO3/c1-12-7-13-9(11)10-8-5-3-2-4-6-8/h8H,2-7H2,1H3,(H,10,11). The van der Waals surface area contributed by atoms with Gasteiger partial charge in [0, 0.05) is 13.2 Å². The van der Waals surface area contributed by atoms with Gasteiger partial charge in [-0.05, 0) is 12.8 Å². The van der Waals surface area contributed by atoms with E-state index in [1.54, 1.807) is 0 Å². The Balaban J connectivity index is 2.11. The van der Waals surface area contributed by atoms with E-state index >= 15 is 0 Å². The smallest absolute Gasteiger partial charge is 0.409 e. The molecule has 1 N–H and O–H groups in total. The minimum absolute atomic E-state index is 0.0263. The summed E-state index contributed by atoms with van der Waals surface area (Å²) in [5, 5.41) is 2.81. The van der Waals surface area contributed by atoms with Gasteiger partial charge < -0.3 is 14.8 Å².